The standard InChI is InChI=1S/C15H20BrNOS/c1-11(2)17(9-5-8-16)15(18)14-10-12-6-3-4-7-13(12)19-14/h3-4,6-7,11,14H,5,8-10H2,1-2H3. The first-order chi connectivity index (χ1) is 9.13. The molecular weight excluding hydrogens is 322 g/mol. The predicted octanol–water partition coefficient (Wildman–Crippen LogP) is 3.73. The van der Waals surface area contributed by atoms with Gasteiger partial charge in [0, 0.05) is 22.8 Å². The second-order valence-electron chi connectivity index (χ2n) is 5.09. The summed E-state index contributed by atoms with van der Waals surface area (Å²) in [4.78, 5) is 15.9. The zero-order valence-corrected chi connectivity index (χ0v) is 13.8. The van der Waals surface area contributed by atoms with Crippen molar-refractivity contribution in [2.45, 2.75) is 42.9 Å². The fourth-order valence-electron chi connectivity index (χ4n) is 2.36. The average Bonchev–Trinajstić information content (AvgIpc) is 2.82. The van der Waals surface area contributed by atoms with Crippen LogP contribution in [0.1, 0.15) is 25.8 Å². The molecule has 0 bridgehead atoms. The van der Waals surface area contributed by atoms with E-state index < -0.39 is 0 Å². The number of amides is 1. The molecule has 1 unspecified atom stereocenters. The number of thioether (sulfide) groups is 1. The van der Waals surface area contributed by atoms with E-state index >= 15 is 0 Å². The van der Waals surface area contributed by atoms with E-state index in [1.165, 1.54) is 10.5 Å². The van der Waals surface area contributed by atoms with E-state index in [1.54, 1.807) is 11.8 Å². The van der Waals surface area contributed by atoms with Gasteiger partial charge < -0.3 is 4.90 Å². The molecule has 104 valence electrons. The Bertz CT molecular complexity index is 425. The van der Waals surface area contributed by atoms with Crippen molar-refractivity contribution in [2.75, 3.05) is 11.9 Å². The quantitative estimate of drug-likeness (QED) is 0.760. The third-order valence-electron chi connectivity index (χ3n) is 3.36. The van der Waals surface area contributed by atoms with Crippen LogP contribution in [0.15, 0.2) is 29.2 Å². The second kappa shape index (κ2) is 6.80. The Kier molecular flexibility index (Phi) is 5.34. The number of hydrogen-bond acceptors (Lipinski definition) is 2. The molecule has 1 heterocycles. The van der Waals surface area contributed by atoms with Crippen molar-refractivity contribution in [1.82, 2.24) is 4.90 Å². The van der Waals surface area contributed by atoms with Crippen LogP contribution >= 0.6 is 27.7 Å². The van der Waals surface area contributed by atoms with Gasteiger partial charge in [0.2, 0.25) is 5.91 Å². The number of alkyl halides is 1. The van der Waals surface area contributed by atoms with Gasteiger partial charge in [-0.25, -0.2) is 0 Å². The number of halogens is 1. The highest BCUT2D eigenvalue weighted by Gasteiger charge is 2.31. The number of carbonyl (C=O) groups is 1. The molecule has 1 aromatic rings. The molecule has 0 saturated carbocycles. The van der Waals surface area contributed by atoms with E-state index in [9.17, 15) is 4.79 Å². The Balaban J connectivity index is 2.04. The Labute approximate surface area is 128 Å². The molecule has 0 spiro atoms. The van der Waals surface area contributed by atoms with E-state index in [2.05, 4.69) is 48.0 Å². The minimum Gasteiger partial charge on any atom is -0.339 e. The average molecular weight is 342 g/mol. The SMILES string of the molecule is CC(C)N(CCCBr)C(=O)C1Cc2ccccc2S1. The molecule has 1 amide bonds. The maximum absolute atomic E-state index is 12.7. The van der Waals surface area contributed by atoms with Gasteiger partial charge in [0.05, 0.1) is 5.25 Å². The first-order valence-electron chi connectivity index (χ1n) is 6.74. The van der Waals surface area contributed by atoms with Crippen LogP contribution in [-0.2, 0) is 11.2 Å². The van der Waals surface area contributed by atoms with Gasteiger partial charge in [-0.1, -0.05) is 34.1 Å². The molecule has 1 aliphatic rings. The second-order valence-corrected chi connectivity index (χ2v) is 7.12. The molecule has 1 aliphatic heterocycles. The van der Waals surface area contributed by atoms with Gasteiger partial charge in [0.15, 0.2) is 0 Å². The molecule has 19 heavy (non-hydrogen) atoms. The van der Waals surface area contributed by atoms with Gasteiger partial charge in [-0.2, -0.15) is 0 Å². The molecule has 4 heteroatoms. The number of benzene rings is 1. The third-order valence-corrected chi connectivity index (χ3v) is 5.23. The van der Waals surface area contributed by atoms with E-state index in [0.29, 0.717) is 0 Å². The van der Waals surface area contributed by atoms with Crippen LogP contribution in [-0.4, -0.2) is 34.0 Å². The first-order valence-corrected chi connectivity index (χ1v) is 8.74. The van der Waals surface area contributed by atoms with E-state index in [1.807, 2.05) is 11.0 Å². The van der Waals surface area contributed by atoms with Crippen LogP contribution in [0.25, 0.3) is 0 Å². The number of rotatable bonds is 5. The summed E-state index contributed by atoms with van der Waals surface area (Å²) < 4.78 is 0. The number of hydrogen-bond donors (Lipinski definition) is 0. The Morgan fingerprint density at radius 2 is 2.21 bits per heavy atom. The Morgan fingerprint density at radius 3 is 2.84 bits per heavy atom. The van der Waals surface area contributed by atoms with Crippen molar-refractivity contribution < 1.29 is 4.79 Å². The zero-order valence-electron chi connectivity index (χ0n) is 11.4. The minimum absolute atomic E-state index is 0.0649. The molecule has 1 atom stereocenters. The fourth-order valence-corrected chi connectivity index (χ4v) is 3.87. The minimum atomic E-state index is 0.0649. The monoisotopic (exact) mass is 341 g/mol. The van der Waals surface area contributed by atoms with Gasteiger partial charge >= 0.3 is 0 Å². The maximum Gasteiger partial charge on any atom is 0.236 e. The van der Waals surface area contributed by atoms with Gasteiger partial charge in [0.1, 0.15) is 0 Å². The molecule has 0 fully saturated rings. The van der Waals surface area contributed by atoms with Crippen molar-refractivity contribution in [3.8, 4) is 0 Å². The van der Waals surface area contributed by atoms with Gasteiger partial charge in [-0.05, 0) is 38.3 Å². The topological polar surface area (TPSA) is 20.3 Å². The summed E-state index contributed by atoms with van der Waals surface area (Å²) in [5.74, 6) is 0.289. The van der Waals surface area contributed by atoms with Crippen LogP contribution in [0.4, 0.5) is 0 Å². The smallest absolute Gasteiger partial charge is 0.236 e. The maximum atomic E-state index is 12.7. The zero-order chi connectivity index (χ0) is 13.8. The summed E-state index contributed by atoms with van der Waals surface area (Å²) in [6.07, 6.45) is 1.88. The Hall–Kier alpha value is -0.480. The van der Waals surface area contributed by atoms with Crippen molar-refractivity contribution in [1.29, 1.82) is 0 Å². The number of fused-ring (bicyclic) bond motifs is 1. The van der Waals surface area contributed by atoms with E-state index in [-0.39, 0.29) is 17.2 Å². The molecule has 1 aromatic carbocycles. The number of carbonyl (C=O) groups excluding carboxylic acids is 1. The molecule has 2 rings (SSSR count). The van der Waals surface area contributed by atoms with E-state index in [4.69, 9.17) is 0 Å². The third kappa shape index (κ3) is 3.54. The normalized spacial score (nSPS) is 17.6. The lowest BCUT2D eigenvalue weighted by molar-refractivity contribution is -0.132. The lowest BCUT2D eigenvalue weighted by Crippen LogP contribution is -2.42. The van der Waals surface area contributed by atoms with Crippen LogP contribution < -0.4 is 0 Å². The van der Waals surface area contributed by atoms with Gasteiger partial charge in [0.25, 0.3) is 0 Å². The lowest BCUT2D eigenvalue weighted by Gasteiger charge is -2.29. The van der Waals surface area contributed by atoms with Crippen LogP contribution in [0.5, 0.6) is 0 Å². The predicted molar refractivity (Wildman–Crippen MR) is 85.1 cm³/mol. The van der Waals surface area contributed by atoms with Crippen molar-refractivity contribution in [3.63, 3.8) is 0 Å². The molecule has 0 aromatic heterocycles. The van der Waals surface area contributed by atoms with Crippen molar-refractivity contribution >= 4 is 33.6 Å². The summed E-state index contributed by atoms with van der Waals surface area (Å²) in [5, 5.41) is 1.01. The molecule has 0 aliphatic carbocycles. The summed E-state index contributed by atoms with van der Waals surface area (Å²) in [5.41, 5.74) is 1.31. The molecule has 0 N–H and O–H groups in total. The molecular formula is C15H20BrNOS. The van der Waals surface area contributed by atoms with Crippen LogP contribution in [0, 0.1) is 0 Å². The molecule has 0 radical (unpaired) electrons. The number of nitrogens with zero attached hydrogens (tertiary/aromatic N) is 1. The van der Waals surface area contributed by atoms with Crippen LogP contribution in [0.2, 0.25) is 0 Å². The fraction of sp³-hybridized carbons (Fsp3) is 0.533. The molecule has 0 saturated heterocycles. The summed E-state index contributed by atoms with van der Waals surface area (Å²) in [6.45, 7) is 5.03. The largest absolute Gasteiger partial charge is 0.339 e. The summed E-state index contributed by atoms with van der Waals surface area (Å²) >= 11 is 5.16. The highest BCUT2D eigenvalue weighted by Crippen LogP contribution is 2.37. The van der Waals surface area contributed by atoms with Crippen molar-refractivity contribution in [3.05, 3.63) is 29.8 Å². The summed E-state index contributed by atoms with van der Waals surface area (Å²) in [7, 11) is 0. The highest BCUT2D eigenvalue weighted by molar-refractivity contribution is 9.09. The molecule has 2 nitrogen and oxygen atoms in total. The Morgan fingerprint density at radius 1 is 1.47 bits per heavy atom. The first kappa shape index (κ1) is 14.9. The van der Waals surface area contributed by atoms with Crippen LogP contribution in [0.3, 0.4) is 0 Å². The van der Waals surface area contributed by atoms with E-state index in [0.717, 1.165) is 24.7 Å². The lowest BCUT2D eigenvalue weighted by atomic mass is 10.1. The highest BCUT2D eigenvalue weighted by atomic mass is 79.9. The van der Waals surface area contributed by atoms with Crippen molar-refractivity contribution in [2.24, 2.45) is 0 Å². The summed E-state index contributed by atoms with van der Waals surface area (Å²) in [6, 6.07) is 8.62. The van der Waals surface area contributed by atoms with Gasteiger partial charge in [-0.15, -0.1) is 11.8 Å². The van der Waals surface area contributed by atoms with Gasteiger partial charge in [-0.3, -0.25) is 4.79 Å².